The number of anilines is 2. The maximum absolute atomic E-state index is 14.0. The Morgan fingerprint density at radius 2 is 1.26 bits per heavy atom. The number of piperazine rings is 2. The van der Waals surface area contributed by atoms with Crippen LogP contribution in [0.5, 0.6) is 0 Å². The van der Waals surface area contributed by atoms with Gasteiger partial charge in [-0.05, 0) is 97.5 Å². The largest absolute Gasteiger partial charge is 0.410 e. The fourth-order valence-electron chi connectivity index (χ4n) is 9.69. The number of hydrogen-bond donors (Lipinski definition) is 4. The van der Waals surface area contributed by atoms with Crippen molar-refractivity contribution < 1.29 is 28.0 Å². The second-order valence-electron chi connectivity index (χ2n) is 16.0. The molecule has 5 aliphatic rings. The molecule has 54 heavy (non-hydrogen) atoms. The highest BCUT2D eigenvalue weighted by Crippen LogP contribution is 2.56. The van der Waals surface area contributed by atoms with Crippen molar-refractivity contribution in [2.24, 2.45) is 0 Å². The summed E-state index contributed by atoms with van der Waals surface area (Å²) in [5.74, 6) is -1.88. The summed E-state index contributed by atoms with van der Waals surface area (Å²) in [7, 11) is -4.45. The fourth-order valence-corrected chi connectivity index (χ4v) is 15.4. The van der Waals surface area contributed by atoms with Crippen LogP contribution in [0.2, 0.25) is 36.3 Å². The Morgan fingerprint density at radius 3 is 1.87 bits per heavy atom. The van der Waals surface area contributed by atoms with Gasteiger partial charge in [0.1, 0.15) is 24.2 Å². The number of hydrogen-bond acceptors (Lipinski definition) is 8. The van der Waals surface area contributed by atoms with E-state index in [1.165, 1.54) is 0 Å². The lowest BCUT2D eigenvalue weighted by Crippen LogP contribution is -2.69. The summed E-state index contributed by atoms with van der Waals surface area (Å²) in [5.41, 5.74) is 5.82. The third kappa shape index (κ3) is 6.07. The Hall–Kier alpha value is -3.73. The molecule has 3 fully saturated rings. The van der Waals surface area contributed by atoms with Crippen LogP contribution >= 0.6 is 0 Å². The highest BCUT2D eigenvalue weighted by molar-refractivity contribution is 6.74. The highest BCUT2D eigenvalue weighted by Gasteiger charge is 2.66. The van der Waals surface area contributed by atoms with Crippen LogP contribution in [-0.2, 0) is 28.0 Å². The first-order valence-corrected chi connectivity index (χ1v) is 25.3. The minimum atomic E-state index is -2.29. The average Bonchev–Trinajstić information content (AvgIpc) is 3.66. The lowest BCUT2D eigenvalue weighted by Gasteiger charge is -2.48. The van der Waals surface area contributed by atoms with E-state index >= 15 is 0 Å². The monoisotopic (exact) mass is 774 g/mol. The van der Waals surface area contributed by atoms with Crippen LogP contribution in [0, 0.1) is 0 Å². The SMILES string of the molecule is CC[Si](CC)(CC)O[C@@H]1C[C@H]2C(=O)N[C@@H](C)C(=O)N2CNc2ccc(-c3ccc4c(c3)[C@@H]3C[C@H]5C(=O)N[C@@H](C)C(=O)N5C3(O[Si](CC)(CC)CC)N4)cc21. The molecule has 12 nitrogen and oxygen atoms in total. The normalized spacial score (nSPS) is 29.1. The lowest BCUT2D eigenvalue weighted by atomic mass is 9.90. The van der Waals surface area contributed by atoms with Gasteiger partial charge < -0.3 is 35.0 Å². The van der Waals surface area contributed by atoms with Gasteiger partial charge in [-0.1, -0.05) is 53.7 Å². The van der Waals surface area contributed by atoms with Gasteiger partial charge in [-0.15, -0.1) is 0 Å². The number of carbonyl (C=O) groups is 4. The standard InChI is InChI=1S/C40H58N6O6Si2/c1-9-53(10-2,11-3)51-35-22-33-36(47)42-24(7)38(49)45(33)23-41-31-17-15-27(20-29(31)35)26-16-18-32-28(19-26)30-21-34-37(48)43-25(8)39(50)46(34)40(30,44-32)52-54(12-4,13-5)14-6/h15-20,24-25,30,33-35,41,44H,9-14,21-23H2,1-8H3,(H,42,47)(H,43,48)/t24-,25-,30-,33-,34-,35+,40?/m0/s1. The molecule has 2 aromatic rings. The molecular formula is C40H58N6O6Si2. The molecule has 0 spiro atoms. The van der Waals surface area contributed by atoms with Gasteiger partial charge in [0, 0.05) is 23.4 Å². The van der Waals surface area contributed by atoms with Crippen molar-refractivity contribution in [2.75, 3.05) is 17.3 Å². The minimum absolute atomic E-state index is 0.101. The molecule has 4 amide bonds. The van der Waals surface area contributed by atoms with Crippen LogP contribution in [0.4, 0.5) is 11.4 Å². The van der Waals surface area contributed by atoms with E-state index < -0.39 is 52.8 Å². The molecule has 5 heterocycles. The molecule has 0 bridgehead atoms. The van der Waals surface area contributed by atoms with Crippen molar-refractivity contribution in [1.29, 1.82) is 0 Å². The van der Waals surface area contributed by atoms with Crippen molar-refractivity contribution in [2.45, 2.75) is 147 Å². The molecule has 7 rings (SSSR count). The number of nitrogens with zero attached hydrogens (tertiary/aromatic N) is 2. The summed E-state index contributed by atoms with van der Waals surface area (Å²) < 4.78 is 14.6. The third-order valence-electron chi connectivity index (χ3n) is 13.5. The van der Waals surface area contributed by atoms with E-state index in [0.29, 0.717) is 12.8 Å². The summed E-state index contributed by atoms with van der Waals surface area (Å²) in [5, 5.41) is 13.0. The Balaban J connectivity index is 1.30. The zero-order valence-electron chi connectivity index (χ0n) is 33.1. The lowest BCUT2D eigenvalue weighted by molar-refractivity contribution is -0.163. The van der Waals surface area contributed by atoms with Crippen LogP contribution in [0.1, 0.15) is 91.4 Å². The summed E-state index contributed by atoms with van der Waals surface area (Å²) in [6.45, 7) is 16.9. The predicted molar refractivity (Wildman–Crippen MR) is 214 cm³/mol. The third-order valence-corrected chi connectivity index (χ3v) is 22.8. The van der Waals surface area contributed by atoms with Crippen LogP contribution in [0.3, 0.4) is 0 Å². The van der Waals surface area contributed by atoms with Gasteiger partial charge in [0.05, 0.1) is 18.7 Å². The molecule has 0 saturated carbocycles. The summed E-state index contributed by atoms with van der Waals surface area (Å²) in [6.07, 6.45) is 0.439. The van der Waals surface area contributed by atoms with Gasteiger partial charge in [-0.25, -0.2) is 0 Å². The molecule has 3 saturated heterocycles. The molecule has 1 unspecified atom stereocenters. The molecular weight excluding hydrogens is 717 g/mol. The van der Waals surface area contributed by atoms with Crippen molar-refractivity contribution in [3.05, 3.63) is 47.5 Å². The molecule has 0 radical (unpaired) electrons. The molecule has 0 aliphatic carbocycles. The van der Waals surface area contributed by atoms with Crippen molar-refractivity contribution in [1.82, 2.24) is 20.4 Å². The number of rotatable bonds is 11. The number of nitrogens with one attached hydrogen (secondary N) is 4. The molecule has 14 heteroatoms. The average molecular weight is 775 g/mol. The van der Waals surface area contributed by atoms with E-state index in [1.54, 1.807) is 23.6 Å². The van der Waals surface area contributed by atoms with Crippen LogP contribution in [-0.4, -0.2) is 86.7 Å². The summed E-state index contributed by atoms with van der Waals surface area (Å²) in [4.78, 5) is 57.6. The van der Waals surface area contributed by atoms with E-state index in [-0.39, 0.29) is 36.2 Å². The smallest absolute Gasteiger partial charge is 0.249 e. The number of benzene rings is 2. The second kappa shape index (κ2) is 14.4. The van der Waals surface area contributed by atoms with Crippen molar-refractivity contribution >= 4 is 51.6 Å². The zero-order valence-corrected chi connectivity index (χ0v) is 35.1. The predicted octanol–water partition coefficient (Wildman–Crippen LogP) is 6.21. The molecule has 7 atom stereocenters. The Morgan fingerprint density at radius 1 is 0.704 bits per heavy atom. The summed E-state index contributed by atoms with van der Waals surface area (Å²) in [6, 6.07) is 15.8. The Kier molecular flexibility index (Phi) is 10.3. The second-order valence-corrected chi connectivity index (χ2v) is 25.4. The van der Waals surface area contributed by atoms with Gasteiger partial charge in [-0.3, -0.25) is 24.1 Å². The quantitative estimate of drug-likeness (QED) is 0.198. The first kappa shape index (κ1) is 38.5. The topological polar surface area (TPSA) is 141 Å². The highest BCUT2D eigenvalue weighted by atomic mass is 28.4. The number of carbonyl (C=O) groups excluding carboxylic acids is 4. The van der Waals surface area contributed by atoms with Gasteiger partial charge in [0.15, 0.2) is 16.6 Å². The van der Waals surface area contributed by atoms with Crippen LogP contribution in [0.15, 0.2) is 36.4 Å². The Labute approximate surface area is 321 Å². The molecule has 292 valence electrons. The molecule has 5 aliphatic heterocycles. The minimum Gasteiger partial charge on any atom is -0.410 e. The molecule has 0 aromatic heterocycles. The first-order chi connectivity index (χ1) is 25.8. The number of amides is 4. The maximum Gasteiger partial charge on any atom is 0.249 e. The van der Waals surface area contributed by atoms with Gasteiger partial charge in [0.25, 0.3) is 0 Å². The van der Waals surface area contributed by atoms with E-state index in [1.807, 2.05) is 0 Å². The fraction of sp³-hybridized carbons (Fsp3) is 0.600. The van der Waals surface area contributed by atoms with Gasteiger partial charge in [0.2, 0.25) is 29.5 Å². The number of fused-ring (bicyclic) bond motifs is 7. The van der Waals surface area contributed by atoms with Gasteiger partial charge in [-0.2, -0.15) is 0 Å². The van der Waals surface area contributed by atoms with Gasteiger partial charge >= 0.3 is 0 Å². The molecule has 4 N–H and O–H groups in total. The van der Waals surface area contributed by atoms with E-state index in [9.17, 15) is 19.2 Å². The van der Waals surface area contributed by atoms with E-state index in [2.05, 4.69) is 99.2 Å². The van der Waals surface area contributed by atoms with Crippen molar-refractivity contribution in [3.63, 3.8) is 0 Å². The van der Waals surface area contributed by atoms with E-state index in [0.717, 1.165) is 69.9 Å². The van der Waals surface area contributed by atoms with Crippen LogP contribution < -0.4 is 21.3 Å². The first-order valence-electron chi connectivity index (χ1n) is 20.2. The maximum atomic E-state index is 14.0. The van der Waals surface area contributed by atoms with E-state index in [4.69, 9.17) is 8.85 Å². The molecule has 2 aromatic carbocycles. The Bertz CT molecular complexity index is 1820. The zero-order chi connectivity index (χ0) is 38.7. The van der Waals surface area contributed by atoms with Crippen molar-refractivity contribution in [3.8, 4) is 11.1 Å². The van der Waals surface area contributed by atoms with Crippen LogP contribution in [0.25, 0.3) is 11.1 Å². The summed E-state index contributed by atoms with van der Waals surface area (Å²) >= 11 is 0.